The summed E-state index contributed by atoms with van der Waals surface area (Å²) in [6, 6.07) is 12.5. The molecule has 3 nitrogen and oxygen atoms in total. The van der Waals surface area contributed by atoms with E-state index < -0.39 is 0 Å². The van der Waals surface area contributed by atoms with Crippen molar-refractivity contribution < 1.29 is 0 Å². The van der Waals surface area contributed by atoms with Gasteiger partial charge in [-0.25, -0.2) is 9.97 Å². The molecule has 19 heavy (non-hydrogen) atoms. The molecule has 0 amide bonds. The second kappa shape index (κ2) is 6.32. The molecule has 1 aromatic heterocycles. The van der Waals surface area contributed by atoms with Crippen LogP contribution in [0.25, 0.3) is 0 Å². The zero-order valence-corrected chi connectivity index (χ0v) is 11.8. The van der Waals surface area contributed by atoms with Crippen molar-refractivity contribution in [2.45, 2.75) is 32.6 Å². The average Bonchev–Trinajstić information content (AvgIpc) is 2.46. The van der Waals surface area contributed by atoms with Crippen molar-refractivity contribution in [3.05, 3.63) is 54.0 Å². The second-order valence-electron chi connectivity index (χ2n) is 5.18. The first kappa shape index (κ1) is 13.5. The maximum atomic E-state index is 4.27. The lowest BCUT2D eigenvalue weighted by atomic mass is 10.0. The summed E-state index contributed by atoms with van der Waals surface area (Å²) < 4.78 is 0. The van der Waals surface area contributed by atoms with E-state index >= 15 is 0 Å². The maximum Gasteiger partial charge on any atom is 0.129 e. The smallest absolute Gasteiger partial charge is 0.129 e. The molecule has 0 bridgehead atoms. The summed E-state index contributed by atoms with van der Waals surface area (Å²) in [5.74, 6) is 1.79. The van der Waals surface area contributed by atoms with Crippen LogP contribution in [0.15, 0.2) is 42.7 Å². The van der Waals surface area contributed by atoms with Crippen LogP contribution in [0.2, 0.25) is 0 Å². The van der Waals surface area contributed by atoms with Gasteiger partial charge in [0.15, 0.2) is 0 Å². The van der Waals surface area contributed by atoms with Gasteiger partial charge in [0.25, 0.3) is 0 Å². The molecule has 0 saturated heterocycles. The number of nitrogens with one attached hydrogen (secondary N) is 1. The van der Waals surface area contributed by atoms with Crippen molar-refractivity contribution in [1.29, 1.82) is 0 Å². The molecule has 2 aromatic rings. The van der Waals surface area contributed by atoms with Gasteiger partial charge in [-0.15, -0.1) is 0 Å². The fraction of sp³-hybridized carbons (Fsp3) is 0.375. The number of hydrogen-bond acceptors (Lipinski definition) is 3. The van der Waals surface area contributed by atoms with Gasteiger partial charge in [-0.3, -0.25) is 0 Å². The quantitative estimate of drug-likeness (QED) is 0.882. The van der Waals surface area contributed by atoms with E-state index in [0.29, 0.717) is 11.8 Å². The average molecular weight is 255 g/mol. The van der Waals surface area contributed by atoms with Crippen molar-refractivity contribution in [3.8, 4) is 0 Å². The van der Waals surface area contributed by atoms with Crippen LogP contribution in [-0.4, -0.2) is 16.5 Å². The first-order valence-corrected chi connectivity index (χ1v) is 6.77. The molecule has 0 aliphatic heterocycles. The molecule has 3 heteroatoms. The molecular weight excluding hydrogens is 234 g/mol. The van der Waals surface area contributed by atoms with Crippen LogP contribution in [0.3, 0.4) is 0 Å². The standard InChI is InChI=1S/C16H21N3/c1-12(2)15-9-16(19-11-18-15)17-10-13(3)14-7-5-4-6-8-14/h4-9,11-13H,10H2,1-3H3,(H,17,18,19). The van der Waals surface area contributed by atoms with Gasteiger partial charge in [0, 0.05) is 18.3 Å². The number of rotatable bonds is 5. The van der Waals surface area contributed by atoms with Gasteiger partial charge >= 0.3 is 0 Å². The number of nitrogens with zero attached hydrogens (tertiary/aromatic N) is 2. The maximum absolute atomic E-state index is 4.27. The minimum atomic E-state index is 0.426. The predicted molar refractivity (Wildman–Crippen MR) is 79.5 cm³/mol. The highest BCUT2D eigenvalue weighted by atomic mass is 15.0. The van der Waals surface area contributed by atoms with Crippen LogP contribution >= 0.6 is 0 Å². The summed E-state index contributed by atoms with van der Waals surface area (Å²) in [7, 11) is 0. The SMILES string of the molecule is CC(C)c1cc(NCC(C)c2ccccc2)ncn1. The van der Waals surface area contributed by atoms with E-state index in [-0.39, 0.29) is 0 Å². The number of hydrogen-bond donors (Lipinski definition) is 1. The first-order chi connectivity index (χ1) is 9.16. The summed E-state index contributed by atoms with van der Waals surface area (Å²) in [5, 5.41) is 3.39. The Labute approximate surface area is 115 Å². The van der Waals surface area contributed by atoms with Crippen LogP contribution in [0.4, 0.5) is 5.82 Å². The zero-order chi connectivity index (χ0) is 13.7. The lowest BCUT2D eigenvalue weighted by molar-refractivity contribution is 0.791. The van der Waals surface area contributed by atoms with E-state index in [9.17, 15) is 0 Å². The lowest BCUT2D eigenvalue weighted by Crippen LogP contribution is -2.11. The summed E-state index contributed by atoms with van der Waals surface area (Å²) in [6.45, 7) is 7.36. The second-order valence-corrected chi connectivity index (χ2v) is 5.18. The Hall–Kier alpha value is -1.90. The third-order valence-corrected chi connectivity index (χ3v) is 3.24. The molecular formula is C16H21N3. The van der Waals surface area contributed by atoms with E-state index in [1.54, 1.807) is 6.33 Å². The molecule has 1 unspecified atom stereocenters. The summed E-state index contributed by atoms with van der Waals surface area (Å²) >= 11 is 0. The zero-order valence-electron chi connectivity index (χ0n) is 11.8. The number of aromatic nitrogens is 2. The molecule has 1 atom stereocenters. The van der Waals surface area contributed by atoms with Crippen molar-refractivity contribution >= 4 is 5.82 Å². The minimum absolute atomic E-state index is 0.426. The van der Waals surface area contributed by atoms with E-state index in [4.69, 9.17) is 0 Å². The van der Waals surface area contributed by atoms with Crippen LogP contribution in [0, 0.1) is 0 Å². The van der Waals surface area contributed by atoms with E-state index in [1.165, 1.54) is 5.56 Å². The molecule has 0 aliphatic rings. The van der Waals surface area contributed by atoms with Gasteiger partial charge in [0.2, 0.25) is 0 Å². The van der Waals surface area contributed by atoms with Gasteiger partial charge < -0.3 is 5.32 Å². The van der Waals surface area contributed by atoms with Gasteiger partial charge in [0.05, 0.1) is 0 Å². The van der Waals surface area contributed by atoms with Crippen molar-refractivity contribution in [3.63, 3.8) is 0 Å². The normalized spacial score (nSPS) is 12.4. The van der Waals surface area contributed by atoms with Crippen molar-refractivity contribution in [2.24, 2.45) is 0 Å². The predicted octanol–water partition coefficient (Wildman–Crippen LogP) is 3.82. The summed E-state index contributed by atoms with van der Waals surface area (Å²) in [6.07, 6.45) is 1.63. The molecule has 0 saturated carbocycles. The van der Waals surface area contributed by atoms with Crippen LogP contribution < -0.4 is 5.32 Å². The Morgan fingerprint density at radius 1 is 1.05 bits per heavy atom. The molecule has 0 aliphatic carbocycles. The Bertz CT molecular complexity index is 508. The summed E-state index contributed by atoms with van der Waals surface area (Å²) in [4.78, 5) is 8.54. The highest BCUT2D eigenvalue weighted by Crippen LogP contribution is 2.17. The third-order valence-electron chi connectivity index (χ3n) is 3.24. The van der Waals surface area contributed by atoms with Crippen LogP contribution in [-0.2, 0) is 0 Å². The molecule has 0 radical (unpaired) electrons. The van der Waals surface area contributed by atoms with E-state index in [0.717, 1.165) is 18.1 Å². The van der Waals surface area contributed by atoms with E-state index in [2.05, 4.69) is 60.3 Å². The van der Waals surface area contributed by atoms with Gasteiger partial charge in [-0.1, -0.05) is 51.1 Å². The largest absolute Gasteiger partial charge is 0.369 e. The minimum Gasteiger partial charge on any atom is -0.369 e. The molecule has 100 valence electrons. The fourth-order valence-corrected chi connectivity index (χ4v) is 1.94. The Balaban J connectivity index is 1.97. The highest BCUT2D eigenvalue weighted by Gasteiger charge is 2.06. The molecule has 1 heterocycles. The topological polar surface area (TPSA) is 37.8 Å². The van der Waals surface area contributed by atoms with Crippen molar-refractivity contribution in [2.75, 3.05) is 11.9 Å². The molecule has 0 spiro atoms. The first-order valence-electron chi connectivity index (χ1n) is 6.77. The Morgan fingerprint density at radius 3 is 2.47 bits per heavy atom. The summed E-state index contributed by atoms with van der Waals surface area (Å²) in [5.41, 5.74) is 2.41. The van der Waals surface area contributed by atoms with Gasteiger partial charge in [0.1, 0.15) is 12.1 Å². The molecule has 1 N–H and O–H groups in total. The van der Waals surface area contributed by atoms with Crippen LogP contribution in [0.1, 0.15) is 43.9 Å². The van der Waals surface area contributed by atoms with Crippen molar-refractivity contribution in [1.82, 2.24) is 9.97 Å². The highest BCUT2D eigenvalue weighted by molar-refractivity contribution is 5.36. The molecule has 0 fully saturated rings. The molecule has 1 aromatic carbocycles. The van der Waals surface area contributed by atoms with Gasteiger partial charge in [-0.05, 0) is 17.4 Å². The Morgan fingerprint density at radius 2 is 1.79 bits per heavy atom. The molecule has 2 rings (SSSR count). The van der Waals surface area contributed by atoms with Gasteiger partial charge in [-0.2, -0.15) is 0 Å². The number of benzene rings is 1. The number of anilines is 1. The van der Waals surface area contributed by atoms with E-state index in [1.807, 2.05) is 12.1 Å². The monoisotopic (exact) mass is 255 g/mol. The third kappa shape index (κ3) is 3.78. The Kier molecular flexibility index (Phi) is 4.50. The fourth-order valence-electron chi connectivity index (χ4n) is 1.94. The van der Waals surface area contributed by atoms with Crippen LogP contribution in [0.5, 0.6) is 0 Å². The lowest BCUT2D eigenvalue weighted by Gasteiger charge is -2.14.